The fraction of sp³-hybridized carbons (Fsp3) is 0.615. The van der Waals surface area contributed by atoms with Gasteiger partial charge in [-0.1, -0.05) is 31.2 Å². The van der Waals surface area contributed by atoms with E-state index in [1.165, 1.54) is 0 Å². The Hall–Kier alpha value is -1.85. The summed E-state index contributed by atoms with van der Waals surface area (Å²) >= 11 is 0. The van der Waals surface area contributed by atoms with Crippen molar-refractivity contribution in [2.45, 2.75) is 39.5 Å². The summed E-state index contributed by atoms with van der Waals surface area (Å²) in [7, 11) is 0. The van der Waals surface area contributed by atoms with Gasteiger partial charge < -0.3 is 15.6 Å². The molecule has 106 valence electrons. The predicted molar refractivity (Wildman–Crippen MR) is 76.0 cm³/mol. The number of aliphatic imine (C=N–C) groups is 1. The lowest BCUT2D eigenvalue weighted by Gasteiger charge is -2.04. The van der Waals surface area contributed by atoms with Gasteiger partial charge in [-0.25, -0.2) is 4.99 Å². The normalized spacial score (nSPS) is 11.9. The van der Waals surface area contributed by atoms with Crippen LogP contribution in [0.5, 0.6) is 0 Å². The lowest BCUT2D eigenvalue weighted by Crippen LogP contribution is -2.32. The van der Waals surface area contributed by atoms with Crippen LogP contribution in [0.3, 0.4) is 0 Å². The first-order chi connectivity index (χ1) is 8.99. The standard InChI is InChI=1S/C13H23N5O/c1-9(2)8-16-13(14)15-7-5-6-11-17-12(10(3)4)18-19-11/h10H,1,5-8H2,2-4H3,(H3,14,15,16). The molecule has 0 radical (unpaired) electrons. The van der Waals surface area contributed by atoms with Crippen LogP contribution in [-0.4, -0.2) is 29.2 Å². The van der Waals surface area contributed by atoms with E-state index in [0.717, 1.165) is 30.8 Å². The first-order valence-corrected chi connectivity index (χ1v) is 6.49. The molecule has 0 aliphatic rings. The van der Waals surface area contributed by atoms with Crippen LogP contribution in [0.25, 0.3) is 0 Å². The lowest BCUT2D eigenvalue weighted by atomic mass is 10.2. The van der Waals surface area contributed by atoms with Crippen molar-refractivity contribution in [1.82, 2.24) is 15.5 Å². The molecule has 0 aliphatic heterocycles. The lowest BCUT2D eigenvalue weighted by molar-refractivity contribution is 0.368. The molecule has 0 saturated carbocycles. The van der Waals surface area contributed by atoms with E-state index >= 15 is 0 Å². The van der Waals surface area contributed by atoms with Gasteiger partial charge in [0.2, 0.25) is 5.89 Å². The number of nitrogens with one attached hydrogen (secondary N) is 1. The summed E-state index contributed by atoms with van der Waals surface area (Å²) in [5.74, 6) is 2.16. The zero-order valence-corrected chi connectivity index (χ0v) is 11.9. The molecule has 0 aromatic carbocycles. The van der Waals surface area contributed by atoms with Crippen LogP contribution in [0.4, 0.5) is 0 Å². The second kappa shape index (κ2) is 7.56. The molecule has 0 spiro atoms. The molecule has 1 rings (SSSR count). The largest absolute Gasteiger partial charge is 0.370 e. The highest BCUT2D eigenvalue weighted by Gasteiger charge is 2.08. The topological polar surface area (TPSA) is 89.3 Å². The van der Waals surface area contributed by atoms with E-state index < -0.39 is 0 Å². The molecule has 0 unspecified atom stereocenters. The summed E-state index contributed by atoms with van der Waals surface area (Å²) in [6.45, 7) is 11.0. The summed E-state index contributed by atoms with van der Waals surface area (Å²) < 4.78 is 5.15. The minimum absolute atomic E-state index is 0.292. The Kier molecular flexibility index (Phi) is 6.05. The second-order valence-electron chi connectivity index (χ2n) is 4.89. The highest BCUT2D eigenvalue weighted by atomic mass is 16.5. The molecule has 1 heterocycles. The first kappa shape index (κ1) is 15.2. The molecule has 0 saturated heterocycles. The van der Waals surface area contributed by atoms with Gasteiger partial charge in [-0.05, 0) is 13.3 Å². The van der Waals surface area contributed by atoms with Crippen molar-refractivity contribution < 1.29 is 4.52 Å². The number of hydrogen-bond acceptors (Lipinski definition) is 4. The monoisotopic (exact) mass is 265 g/mol. The molecule has 0 atom stereocenters. The minimum Gasteiger partial charge on any atom is -0.370 e. The number of aryl methyl sites for hydroxylation is 1. The van der Waals surface area contributed by atoms with Crippen molar-refractivity contribution in [1.29, 1.82) is 0 Å². The fourth-order valence-electron chi connectivity index (χ4n) is 1.34. The molecule has 1 aromatic rings. The molecule has 6 heteroatoms. The smallest absolute Gasteiger partial charge is 0.226 e. The first-order valence-electron chi connectivity index (χ1n) is 6.49. The molecule has 6 nitrogen and oxygen atoms in total. The maximum Gasteiger partial charge on any atom is 0.226 e. The van der Waals surface area contributed by atoms with Gasteiger partial charge in [-0.2, -0.15) is 4.98 Å². The van der Waals surface area contributed by atoms with Crippen molar-refractivity contribution in [3.63, 3.8) is 0 Å². The zero-order chi connectivity index (χ0) is 14.3. The number of aromatic nitrogens is 2. The number of guanidine groups is 1. The minimum atomic E-state index is 0.292. The predicted octanol–water partition coefficient (Wildman–Crippen LogP) is 1.61. The Morgan fingerprint density at radius 3 is 2.84 bits per heavy atom. The van der Waals surface area contributed by atoms with Crippen LogP contribution >= 0.6 is 0 Å². The van der Waals surface area contributed by atoms with Crippen molar-refractivity contribution in [3.8, 4) is 0 Å². The van der Waals surface area contributed by atoms with Gasteiger partial charge in [-0.3, -0.25) is 0 Å². The van der Waals surface area contributed by atoms with Crippen molar-refractivity contribution in [2.24, 2.45) is 10.7 Å². The average Bonchev–Trinajstić information content (AvgIpc) is 2.81. The summed E-state index contributed by atoms with van der Waals surface area (Å²) in [5.41, 5.74) is 6.67. The van der Waals surface area contributed by atoms with Crippen molar-refractivity contribution >= 4 is 5.96 Å². The van der Waals surface area contributed by atoms with Gasteiger partial charge in [0.1, 0.15) is 0 Å². The molecule has 19 heavy (non-hydrogen) atoms. The van der Waals surface area contributed by atoms with Crippen LogP contribution in [0, 0.1) is 0 Å². The third-order valence-corrected chi connectivity index (χ3v) is 2.39. The maximum atomic E-state index is 5.69. The molecule has 3 N–H and O–H groups in total. The third kappa shape index (κ3) is 6.03. The Morgan fingerprint density at radius 2 is 2.26 bits per heavy atom. The molecule has 0 amide bonds. The highest BCUT2D eigenvalue weighted by molar-refractivity contribution is 5.77. The Morgan fingerprint density at radius 1 is 1.53 bits per heavy atom. The summed E-state index contributed by atoms with van der Waals surface area (Å²) in [5, 5.41) is 6.95. The van der Waals surface area contributed by atoms with Crippen LogP contribution < -0.4 is 11.1 Å². The van der Waals surface area contributed by atoms with E-state index in [9.17, 15) is 0 Å². The van der Waals surface area contributed by atoms with E-state index in [4.69, 9.17) is 10.3 Å². The molecule has 1 aromatic heterocycles. The van der Waals surface area contributed by atoms with Crippen molar-refractivity contribution in [3.05, 3.63) is 23.9 Å². The molecule has 0 bridgehead atoms. The zero-order valence-electron chi connectivity index (χ0n) is 11.9. The number of nitrogens with two attached hydrogens (primary N) is 1. The SMILES string of the molecule is C=C(C)CN=C(N)NCCCc1nc(C(C)C)no1. The summed E-state index contributed by atoms with van der Waals surface area (Å²) in [6, 6.07) is 0. The van der Waals surface area contributed by atoms with Gasteiger partial charge >= 0.3 is 0 Å². The highest BCUT2D eigenvalue weighted by Crippen LogP contribution is 2.10. The van der Waals surface area contributed by atoms with E-state index in [1.54, 1.807) is 0 Å². The summed E-state index contributed by atoms with van der Waals surface area (Å²) in [6.07, 6.45) is 1.60. The van der Waals surface area contributed by atoms with Gasteiger partial charge in [0, 0.05) is 18.9 Å². The second-order valence-corrected chi connectivity index (χ2v) is 4.89. The number of nitrogens with zero attached hydrogens (tertiary/aromatic N) is 3. The number of hydrogen-bond donors (Lipinski definition) is 2. The molecular weight excluding hydrogens is 242 g/mol. The van der Waals surface area contributed by atoms with Crippen LogP contribution in [0.2, 0.25) is 0 Å². The van der Waals surface area contributed by atoms with Crippen LogP contribution in [-0.2, 0) is 6.42 Å². The average molecular weight is 265 g/mol. The Bertz CT molecular complexity index is 436. The van der Waals surface area contributed by atoms with E-state index in [-0.39, 0.29) is 0 Å². The van der Waals surface area contributed by atoms with Gasteiger partial charge in [0.15, 0.2) is 11.8 Å². The van der Waals surface area contributed by atoms with E-state index in [0.29, 0.717) is 24.3 Å². The van der Waals surface area contributed by atoms with Crippen LogP contribution in [0.1, 0.15) is 44.8 Å². The Balaban J connectivity index is 2.23. The van der Waals surface area contributed by atoms with Crippen molar-refractivity contribution in [2.75, 3.05) is 13.1 Å². The maximum absolute atomic E-state index is 5.69. The Labute approximate surface area is 114 Å². The van der Waals surface area contributed by atoms with Gasteiger partial charge in [-0.15, -0.1) is 0 Å². The fourth-order valence-corrected chi connectivity index (χ4v) is 1.34. The molecular formula is C13H23N5O. The van der Waals surface area contributed by atoms with E-state index in [1.807, 2.05) is 20.8 Å². The van der Waals surface area contributed by atoms with E-state index in [2.05, 4.69) is 27.0 Å². The number of rotatable bonds is 7. The quantitative estimate of drug-likeness (QED) is 0.338. The molecule has 0 aliphatic carbocycles. The van der Waals surface area contributed by atoms with Gasteiger partial charge in [0.05, 0.1) is 6.54 Å². The van der Waals surface area contributed by atoms with Crippen LogP contribution in [0.15, 0.2) is 21.7 Å². The van der Waals surface area contributed by atoms with Gasteiger partial charge in [0.25, 0.3) is 0 Å². The third-order valence-electron chi connectivity index (χ3n) is 2.39. The summed E-state index contributed by atoms with van der Waals surface area (Å²) in [4.78, 5) is 8.44. The molecule has 0 fully saturated rings.